The quantitative estimate of drug-likeness (QED) is 0.646. The van der Waals surface area contributed by atoms with E-state index in [4.69, 9.17) is 0 Å². The molecule has 2 rings (SSSR count). The van der Waals surface area contributed by atoms with Gasteiger partial charge in [-0.05, 0) is 24.3 Å². The molecule has 0 saturated carbocycles. The highest BCUT2D eigenvalue weighted by molar-refractivity contribution is 5.50. The van der Waals surface area contributed by atoms with E-state index in [0.29, 0.717) is 5.69 Å². The number of rotatable bonds is 2. The summed E-state index contributed by atoms with van der Waals surface area (Å²) in [4.78, 5) is 0. The largest absolute Gasteiger partial charge is 0.287 e. The van der Waals surface area contributed by atoms with Gasteiger partial charge >= 0.3 is 0 Å². The molecule has 3 heteroatoms. The Morgan fingerprint density at radius 1 is 0.733 bits per heavy atom. The second kappa shape index (κ2) is 4.37. The van der Waals surface area contributed by atoms with Gasteiger partial charge in [-0.2, -0.15) is 5.11 Å². The molecule has 73 valence electrons. The van der Waals surface area contributed by atoms with Crippen LogP contribution >= 0.6 is 0 Å². The molecule has 2 aromatic rings. The number of hydrogen-bond donors (Lipinski definition) is 0. The third kappa shape index (κ3) is 2.40. The molecule has 0 fully saturated rings. The van der Waals surface area contributed by atoms with E-state index in [9.17, 15) is 5.11 Å². The summed E-state index contributed by atoms with van der Waals surface area (Å²) in [5.41, 5.74) is 1.10. The molecule has 0 saturated heterocycles. The van der Waals surface area contributed by atoms with Gasteiger partial charge < -0.3 is 0 Å². The molecule has 0 aliphatic heterocycles. The number of hydrogen-bond acceptors (Lipinski definition) is 2. The zero-order valence-electron chi connectivity index (χ0n) is 8.00. The minimum Gasteiger partial charge on any atom is -0.287 e. The fourth-order valence-electron chi connectivity index (χ4n) is 1.15. The lowest BCUT2D eigenvalue weighted by molar-refractivity contribution is 0.356. The van der Waals surface area contributed by atoms with Gasteiger partial charge in [0.05, 0.1) is 5.69 Å². The molecular weight excluding hydrogens is 188 g/mol. The predicted octanol–water partition coefficient (Wildman–Crippen LogP) is 4.25. The fraction of sp³-hybridized carbons (Fsp3) is 0. The maximum atomic E-state index is 11.3. The summed E-state index contributed by atoms with van der Waals surface area (Å²) in [5, 5.41) is 19.1. The van der Waals surface area contributed by atoms with Crippen LogP contribution in [-0.2, 0) is 5.11 Å². The molecule has 1 radical (unpaired) electrons. The Labute approximate surface area is 87.7 Å². The summed E-state index contributed by atoms with van der Waals surface area (Å²) in [5.74, 6) is -0.114. The smallest absolute Gasteiger partial charge is 0.206 e. The molecule has 15 heavy (non-hydrogen) atoms. The van der Waals surface area contributed by atoms with Crippen LogP contribution in [0.1, 0.15) is 0 Å². The van der Waals surface area contributed by atoms with Crippen LogP contribution in [-0.4, -0.2) is 0 Å². The zero-order chi connectivity index (χ0) is 10.5. The maximum absolute atomic E-state index is 11.3. The van der Waals surface area contributed by atoms with E-state index >= 15 is 0 Å². The summed E-state index contributed by atoms with van der Waals surface area (Å²) in [6, 6.07) is 15.9. The molecule has 0 atom stereocenters. The van der Waals surface area contributed by atoms with Gasteiger partial charge in [-0.15, -0.1) is 5.11 Å². The lowest BCUT2D eigenvalue weighted by Gasteiger charge is -1.93. The second-order valence-corrected chi connectivity index (χ2v) is 3.00. The second-order valence-electron chi connectivity index (χ2n) is 3.00. The summed E-state index contributed by atoms with van der Waals surface area (Å²) in [6.45, 7) is 0. The molecule has 0 amide bonds. The highest BCUT2D eigenvalue weighted by Crippen LogP contribution is 2.27. The lowest BCUT2D eigenvalue weighted by atomic mass is 10.3. The number of nitrogens with zero attached hydrogens (tertiary/aromatic N) is 2. The topological polar surface area (TPSA) is 44.6 Å². The standard InChI is InChI=1S/C12H9N2O/c15-12-9-5-4-8-11(12)14-13-10-6-2-1-3-7-10/h1-9H/b14-13+. The van der Waals surface area contributed by atoms with Crippen molar-refractivity contribution >= 4 is 11.4 Å². The molecule has 0 bridgehead atoms. The highest BCUT2D eigenvalue weighted by Gasteiger charge is 1.98. The van der Waals surface area contributed by atoms with Crippen molar-refractivity contribution < 1.29 is 5.11 Å². The van der Waals surface area contributed by atoms with Crippen LogP contribution in [0, 0.1) is 0 Å². The summed E-state index contributed by atoms with van der Waals surface area (Å²) in [7, 11) is 0. The monoisotopic (exact) mass is 197 g/mol. The van der Waals surface area contributed by atoms with Crippen molar-refractivity contribution in [1.29, 1.82) is 0 Å². The van der Waals surface area contributed by atoms with Gasteiger partial charge in [-0.1, -0.05) is 30.3 Å². The molecule has 0 spiro atoms. The van der Waals surface area contributed by atoms with Gasteiger partial charge in [-0.3, -0.25) is 5.11 Å². The van der Waals surface area contributed by atoms with Crippen LogP contribution in [0.15, 0.2) is 64.8 Å². The SMILES string of the molecule is [O]c1ccccc1/N=N/c1ccccc1. The van der Waals surface area contributed by atoms with Gasteiger partial charge in [0.1, 0.15) is 5.69 Å². The van der Waals surface area contributed by atoms with Crippen molar-refractivity contribution in [3.63, 3.8) is 0 Å². The van der Waals surface area contributed by atoms with Crippen LogP contribution in [0.3, 0.4) is 0 Å². The molecule has 2 aromatic carbocycles. The van der Waals surface area contributed by atoms with Crippen molar-refractivity contribution in [3.8, 4) is 5.75 Å². The molecule has 0 unspecified atom stereocenters. The molecule has 0 aliphatic rings. The van der Waals surface area contributed by atoms with E-state index in [1.807, 2.05) is 30.3 Å². The molecule has 0 N–H and O–H groups in total. The molecule has 3 nitrogen and oxygen atoms in total. The Morgan fingerprint density at radius 2 is 1.40 bits per heavy atom. The predicted molar refractivity (Wildman–Crippen MR) is 57.2 cm³/mol. The average molecular weight is 197 g/mol. The van der Waals surface area contributed by atoms with Crippen LogP contribution in [0.4, 0.5) is 11.4 Å². The van der Waals surface area contributed by atoms with Crippen LogP contribution in [0.25, 0.3) is 0 Å². The summed E-state index contributed by atoms with van der Waals surface area (Å²) < 4.78 is 0. The first-order valence-corrected chi connectivity index (χ1v) is 4.59. The average Bonchev–Trinajstić information content (AvgIpc) is 2.29. The highest BCUT2D eigenvalue weighted by atomic mass is 16.3. The number of benzene rings is 2. The third-order valence-electron chi connectivity index (χ3n) is 1.89. The van der Waals surface area contributed by atoms with Crippen LogP contribution in [0.5, 0.6) is 5.75 Å². The first kappa shape index (κ1) is 9.40. The van der Waals surface area contributed by atoms with Crippen LogP contribution < -0.4 is 0 Å². The zero-order valence-corrected chi connectivity index (χ0v) is 8.00. The molecule has 0 heterocycles. The van der Waals surface area contributed by atoms with E-state index in [1.54, 1.807) is 18.2 Å². The van der Waals surface area contributed by atoms with E-state index in [1.165, 1.54) is 6.07 Å². The van der Waals surface area contributed by atoms with Gasteiger partial charge in [0.2, 0.25) is 5.75 Å². The van der Waals surface area contributed by atoms with E-state index < -0.39 is 0 Å². The van der Waals surface area contributed by atoms with Gasteiger partial charge in [0, 0.05) is 0 Å². The first-order valence-electron chi connectivity index (χ1n) is 4.59. The Balaban J connectivity index is 2.23. The number of para-hydroxylation sites is 1. The van der Waals surface area contributed by atoms with Gasteiger partial charge in [0.15, 0.2) is 0 Å². The van der Waals surface area contributed by atoms with E-state index in [2.05, 4.69) is 10.2 Å². The Bertz CT molecular complexity index is 466. The Morgan fingerprint density at radius 3 is 2.13 bits per heavy atom. The molecule has 0 aliphatic carbocycles. The first-order chi connectivity index (χ1) is 7.36. The van der Waals surface area contributed by atoms with Crippen molar-refractivity contribution in [2.75, 3.05) is 0 Å². The van der Waals surface area contributed by atoms with Crippen molar-refractivity contribution in [3.05, 3.63) is 54.6 Å². The summed E-state index contributed by atoms with van der Waals surface area (Å²) >= 11 is 0. The Kier molecular flexibility index (Phi) is 2.74. The summed E-state index contributed by atoms with van der Waals surface area (Å²) in [6.07, 6.45) is 0. The lowest BCUT2D eigenvalue weighted by Crippen LogP contribution is -1.65. The number of azo groups is 1. The minimum atomic E-state index is -0.114. The maximum Gasteiger partial charge on any atom is 0.206 e. The van der Waals surface area contributed by atoms with E-state index in [-0.39, 0.29) is 5.75 Å². The van der Waals surface area contributed by atoms with Gasteiger partial charge in [-0.25, -0.2) is 0 Å². The van der Waals surface area contributed by atoms with Crippen LogP contribution in [0.2, 0.25) is 0 Å². The molecular formula is C12H9N2O. The van der Waals surface area contributed by atoms with Crippen molar-refractivity contribution in [2.24, 2.45) is 10.2 Å². The Hall–Kier alpha value is -2.16. The van der Waals surface area contributed by atoms with Crippen molar-refractivity contribution in [1.82, 2.24) is 0 Å². The van der Waals surface area contributed by atoms with Crippen molar-refractivity contribution in [2.45, 2.75) is 0 Å². The molecule has 0 aromatic heterocycles. The third-order valence-corrected chi connectivity index (χ3v) is 1.89. The fourth-order valence-corrected chi connectivity index (χ4v) is 1.15. The van der Waals surface area contributed by atoms with Gasteiger partial charge in [0.25, 0.3) is 0 Å². The minimum absolute atomic E-state index is 0.114. The van der Waals surface area contributed by atoms with E-state index in [0.717, 1.165) is 5.69 Å². The normalized spacial score (nSPS) is 10.7.